The lowest BCUT2D eigenvalue weighted by Crippen LogP contribution is -2.28. The van der Waals surface area contributed by atoms with E-state index >= 15 is 0 Å². The summed E-state index contributed by atoms with van der Waals surface area (Å²) in [4.78, 5) is 28.8. The first kappa shape index (κ1) is 21.2. The Morgan fingerprint density at radius 2 is 1.86 bits per heavy atom. The van der Waals surface area contributed by atoms with Crippen LogP contribution in [-0.2, 0) is 9.59 Å². The Morgan fingerprint density at radius 1 is 1.17 bits per heavy atom. The zero-order valence-electron chi connectivity index (χ0n) is 17.7. The van der Waals surface area contributed by atoms with Crippen LogP contribution in [0.2, 0.25) is 0 Å². The van der Waals surface area contributed by atoms with E-state index in [1.165, 1.54) is 0 Å². The predicted molar refractivity (Wildman–Crippen MR) is 123 cm³/mol. The average Bonchev–Trinajstić information content (AvgIpc) is 3.02. The first-order chi connectivity index (χ1) is 13.6. The number of thioether (sulfide) groups is 1. The first-order valence-corrected chi connectivity index (χ1v) is 10.8. The molecular formula is C23H29N3O2S. The van der Waals surface area contributed by atoms with Gasteiger partial charge in [0.1, 0.15) is 5.37 Å². The number of benzene rings is 2. The molecule has 6 heteroatoms. The number of hydrogen-bond acceptors (Lipinski definition) is 4. The Balaban J connectivity index is 1.81. The summed E-state index contributed by atoms with van der Waals surface area (Å²) in [5.41, 5.74) is 3.68. The van der Waals surface area contributed by atoms with Crippen LogP contribution in [0.1, 0.15) is 38.1 Å². The second-order valence-corrected chi connectivity index (χ2v) is 9.82. The number of anilines is 3. The summed E-state index contributed by atoms with van der Waals surface area (Å²) in [6.07, 6.45) is 0.457. The molecule has 2 amide bonds. The second-order valence-electron chi connectivity index (χ2n) is 8.75. The molecule has 0 saturated carbocycles. The summed E-state index contributed by atoms with van der Waals surface area (Å²) in [7, 11) is 3.99. The molecule has 1 saturated heterocycles. The third-order valence-corrected chi connectivity index (χ3v) is 5.87. The van der Waals surface area contributed by atoms with Crippen molar-refractivity contribution < 1.29 is 9.59 Å². The normalized spacial score (nSPS) is 16.8. The molecule has 0 radical (unpaired) electrons. The van der Waals surface area contributed by atoms with E-state index < -0.39 is 0 Å². The van der Waals surface area contributed by atoms with Gasteiger partial charge in [-0.2, -0.15) is 0 Å². The van der Waals surface area contributed by atoms with E-state index in [0.717, 1.165) is 22.6 Å². The predicted octanol–water partition coefficient (Wildman–Crippen LogP) is 4.91. The lowest BCUT2D eigenvalue weighted by molar-refractivity contribution is -0.118. The molecule has 154 valence electrons. The standard InChI is InChI=1S/C23H29N3O2S/c1-23(2,3)14-20(27)24-17-8-6-7-16(13-17)22-26(21(28)15-29-22)19-11-9-18(10-12-19)25(4)5/h6-13,22H,14-15H2,1-5H3,(H,24,27)/t22-/m0/s1. The van der Waals surface area contributed by atoms with Crippen molar-refractivity contribution in [1.82, 2.24) is 0 Å². The fourth-order valence-corrected chi connectivity index (χ4v) is 4.48. The van der Waals surface area contributed by atoms with Crippen molar-refractivity contribution in [2.24, 2.45) is 5.41 Å². The zero-order valence-corrected chi connectivity index (χ0v) is 18.5. The van der Waals surface area contributed by atoms with Gasteiger partial charge in [-0.1, -0.05) is 32.9 Å². The lowest BCUT2D eigenvalue weighted by atomic mass is 9.92. The lowest BCUT2D eigenvalue weighted by Gasteiger charge is -2.25. The molecule has 1 aliphatic heterocycles. The van der Waals surface area contributed by atoms with Crippen molar-refractivity contribution in [1.29, 1.82) is 0 Å². The Hall–Kier alpha value is -2.47. The van der Waals surface area contributed by atoms with E-state index in [1.54, 1.807) is 11.8 Å². The molecule has 1 atom stereocenters. The maximum Gasteiger partial charge on any atom is 0.238 e. The van der Waals surface area contributed by atoms with Gasteiger partial charge in [0.15, 0.2) is 0 Å². The van der Waals surface area contributed by atoms with Gasteiger partial charge in [-0.15, -0.1) is 11.8 Å². The smallest absolute Gasteiger partial charge is 0.238 e. The van der Waals surface area contributed by atoms with Crippen LogP contribution in [0.25, 0.3) is 0 Å². The minimum atomic E-state index is -0.104. The van der Waals surface area contributed by atoms with Gasteiger partial charge in [-0.3, -0.25) is 14.5 Å². The summed E-state index contributed by atoms with van der Waals surface area (Å²) in [6, 6.07) is 15.8. The Labute approximate surface area is 177 Å². The van der Waals surface area contributed by atoms with Crippen LogP contribution in [0.3, 0.4) is 0 Å². The van der Waals surface area contributed by atoms with Crippen LogP contribution in [-0.4, -0.2) is 31.7 Å². The Kier molecular flexibility index (Phi) is 6.22. The minimum absolute atomic E-state index is 0.000863. The molecule has 1 N–H and O–H groups in total. The van der Waals surface area contributed by atoms with Gasteiger partial charge in [-0.05, 0) is 47.4 Å². The van der Waals surface area contributed by atoms with Crippen molar-refractivity contribution in [3.63, 3.8) is 0 Å². The van der Waals surface area contributed by atoms with E-state index in [9.17, 15) is 9.59 Å². The van der Waals surface area contributed by atoms with Gasteiger partial charge in [0.2, 0.25) is 11.8 Å². The number of nitrogens with one attached hydrogen (secondary N) is 1. The van der Waals surface area contributed by atoms with Crippen molar-refractivity contribution >= 4 is 40.6 Å². The highest BCUT2D eigenvalue weighted by atomic mass is 32.2. The number of nitrogens with zero attached hydrogens (tertiary/aromatic N) is 2. The maximum atomic E-state index is 12.6. The number of carbonyl (C=O) groups excluding carboxylic acids is 2. The van der Waals surface area contributed by atoms with Crippen LogP contribution in [0.5, 0.6) is 0 Å². The van der Waals surface area contributed by atoms with E-state index in [2.05, 4.69) is 5.32 Å². The van der Waals surface area contributed by atoms with Gasteiger partial charge in [0, 0.05) is 37.6 Å². The summed E-state index contributed by atoms with van der Waals surface area (Å²) < 4.78 is 0. The monoisotopic (exact) mass is 411 g/mol. The molecule has 2 aromatic carbocycles. The Morgan fingerprint density at radius 3 is 2.48 bits per heavy atom. The molecule has 0 spiro atoms. The highest BCUT2D eigenvalue weighted by Crippen LogP contribution is 2.42. The van der Waals surface area contributed by atoms with Gasteiger partial charge < -0.3 is 10.2 Å². The molecule has 5 nitrogen and oxygen atoms in total. The van der Waals surface area contributed by atoms with Crippen LogP contribution in [0.4, 0.5) is 17.1 Å². The zero-order chi connectivity index (χ0) is 21.2. The molecule has 0 bridgehead atoms. The number of carbonyl (C=O) groups is 2. The number of hydrogen-bond donors (Lipinski definition) is 1. The number of rotatable bonds is 5. The fraction of sp³-hybridized carbons (Fsp3) is 0.391. The summed E-state index contributed by atoms with van der Waals surface area (Å²) in [5, 5.41) is 2.89. The van der Waals surface area contributed by atoms with E-state index in [-0.39, 0.29) is 22.6 Å². The van der Waals surface area contributed by atoms with Gasteiger partial charge in [0.25, 0.3) is 0 Å². The average molecular weight is 412 g/mol. The van der Waals surface area contributed by atoms with Crippen LogP contribution >= 0.6 is 11.8 Å². The largest absolute Gasteiger partial charge is 0.378 e. The Bertz CT molecular complexity index is 888. The molecule has 1 aliphatic rings. The van der Waals surface area contributed by atoms with E-state index in [4.69, 9.17) is 0 Å². The molecule has 29 heavy (non-hydrogen) atoms. The summed E-state index contributed by atoms with van der Waals surface area (Å²) in [5.74, 6) is 0.543. The van der Waals surface area contributed by atoms with Crippen molar-refractivity contribution in [3.8, 4) is 0 Å². The van der Waals surface area contributed by atoms with Crippen LogP contribution in [0, 0.1) is 5.41 Å². The molecule has 1 heterocycles. The van der Waals surface area contributed by atoms with Gasteiger partial charge in [-0.25, -0.2) is 0 Å². The second kappa shape index (κ2) is 8.49. The third kappa shape index (κ3) is 5.32. The molecule has 2 aromatic rings. The van der Waals surface area contributed by atoms with Crippen molar-refractivity contribution in [3.05, 3.63) is 54.1 Å². The highest BCUT2D eigenvalue weighted by Gasteiger charge is 2.34. The van der Waals surface area contributed by atoms with Crippen molar-refractivity contribution in [2.75, 3.05) is 35.0 Å². The molecule has 0 aromatic heterocycles. The molecule has 1 fully saturated rings. The molecule has 0 aliphatic carbocycles. The fourth-order valence-electron chi connectivity index (χ4n) is 3.32. The summed E-state index contributed by atoms with van der Waals surface area (Å²) in [6.45, 7) is 6.13. The quantitative estimate of drug-likeness (QED) is 0.760. The van der Waals surface area contributed by atoms with Crippen LogP contribution < -0.4 is 15.1 Å². The maximum absolute atomic E-state index is 12.6. The number of amides is 2. The molecule has 0 unspecified atom stereocenters. The van der Waals surface area contributed by atoms with E-state index in [1.807, 2.05) is 93.2 Å². The van der Waals surface area contributed by atoms with Crippen molar-refractivity contribution in [2.45, 2.75) is 32.6 Å². The molecular weight excluding hydrogens is 382 g/mol. The SMILES string of the molecule is CN(C)c1ccc(N2C(=O)CS[C@H]2c2cccc(NC(=O)CC(C)(C)C)c2)cc1. The highest BCUT2D eigenvalue weighted by molar-refractivity contribution is 8.00. The van der Waals surface area contributed by atoms with Gasteiger partial charge >= 0.3 is 0 Å². The first-order valence-electron chi connectivity index (χ1n) is 9.75. The van der Waals surface area contributed by atoms with Gasteiger partial charge in [0.05, 0.1) is 5.75 Å². The molecule has 3 rings (SSSR count). The summed E-state index contributed by atoms with van der Waals surface area (Å²) >= 11 is 1.61. The van der Waals surface area contributed by atoms with E-state index in [0.29, 0.717) is 12.2 Å². The minimum Gasteiger partial charge on any atom is -0.378 e. The van der Waals surface area contributed by atoms with Crippen LogP contribution in [0.15, 0.2) is 48.5 Å². The third-order valence-electron chi connectivity index (χ3n) is 4.66. The topological polar surface area (TPSA) is 52.6 Å².